The van der Waals surface area contributed by atoms with Gasteiger partial charge >= 0.3 is 0 Å². The van der Waals surface area contributed by atoms with Gasteiger partial charge in [0.2, 0.25) is 5.91 Å². The summed E-state index contributed by atoms with van der Waals surface area (Å²) in [7, 11) is 5.22. The van der Waals surface area contributed by atoms with Gasteiger partial charge in [-0.15, -0.1) is 0 Å². The zero-order chi connectivity index (χ0) is 12.9. The first-order valence-electron chi connectivity index (χ1n) is 6.16. The number of carbonyl (C=O) groups excluding carboxylic acids is 1. The number of nitrogens with zero attached hydrogens (tertiary/aromatic N) is 1. The summed E-state index contributed by atoms with van der Waals surface area (Å²) in [6, 6.07) is 0. The van der Waals surface area contributed by atoms with Crippen LogP contribution in [-0.2, 0) is 14.3 Å². The molecule has 0 aromatic carbocycles. The van der Waals surface area contributed by atoms with Crippen LogP contribution in [0.4, 0.5) is 0 Å². The maximum absolute atomic E-state index is 11.9. The number of nitrogens with one attached hydrogen (secondary N) is 1. The third-order valence-corrected chi connectivity index (χ3v) is 2.51. The second kappa shape index (κ2) is 11.8. The first-order chi connectivity index (χ1) is 8.26. The first-order valence-corrected chi connectivity index (χ1v) is 6.16. The number of rotatable bonds is 11. The number of hydrogen-bond donors (Lipinski definition) is 1. The van der Waals surface area contributed by atoms with Crippen molar-refractivity contribution in [2.45, 2.75) is 19.3 Å². The Morgan fingerprint density at radius 3 is 2.41 bits per heavy atom. The molecule has 0 saturated carbocycles. The van der Waals surface area contributed by atoms with Crippen LogP contribution in [0, 0.1) is 0 Å². The third-order valence-electron chi connectivity index (χ3n) is 2.51. The molecule has 0 bridgehead atoms. The lowest BCUT2D eigenvalue weighted by molar-refractivity contribution is -0.132. The summed E-state index contributed by atoms with van der Waals surface area (Å²) >= 11 is 0. The quantitative estimate of drug-likeness (QED) is 0.539. The Hall–Kier alpha value is -0.650. The Balaban J connectivity index is 3.91. The topological polar surface area (TPSA) is 50.8 Å². The molecule has 0 aromatic heterocycles. The Morgan fingerprint density at radius 2 is 1.82 bits per heavy atom. The summed E-state index contributed by atoms with van der Waals surface area (Å²) in [5, 5.41) is 3.04. The van der Waals surface area contributed by atoms with Gasteiger partial charge in [-0.2, -0.15) is 0 Å². The van der Waals surface area contributed by atoms with Gasteiger partial charge in [-0.25, -0.2) is 0 Å². The molecule has 0 aromatic rings. The fourth-order valence-corrected chi connectivity index (χ4v) is 1.54. The lowest BCUT2D eigenvalue weighted by atomic mass is 10.2. The van der Waals surface area contributed by atoms with Crippen LogP contribution < -0.4 is 5.32 Å². The average molecular weight is 246 g/mol. The number of hydrogen-bond acceptors (Lipinski definition) is 4. The molecule has 5 heteroatoms. The molecule has 0 spiro atoms. The van der Waals surface area contributed by atoms with Crippen LogP contribution in [-0.4, -0.2) is 64.9 Å². The fourth-order valence-electron chi connectivity index (χ4n) is 1.54. The van der Waals surface area contributed by atoms with Crippen molar-refractivity contribution < 1.29 is 14.3 Å². The molecule has 5 nitrogen and oxygen atoms in total. The minimum absolute atomic E-state index is 0.202. The van der Waals surface area contributed by atoms with Gasteiger partial charge in [0.15, 0.2) is 0 Å². The highest BCUT2D eigenvalue weighted by atomic mass is 16.5. The van der Waals surface area contributed by atoms with E-state index in [9.17, 15) is 4.79 Å². The van der Waals surface area contributed by atoms with Crippen molar-refractivity contribution >= 4 is 5.91 Å². The van der Waals surface area contributed by atoms with Crippen LogP contribution in [0.1, 0.15) is 19.3 Å². The molecule has 0 fully saturated rings. The van der Waals surface area contributed by atoms with E-state index in [2.05, 4.69) is 5.32 Å². The summed E-state index contributed by atoms with van der Waals surface area (Å²) in [5.74, 6) is 0.202. The Morgan fingerprint density at radius 1 is 1.12 bits per heavy atom. The van der Waals surface area contributed by atoms with Gasteiger partial charge in [0.25, 0.3) is 0 Å². The van der Waals surface area contributed by atoms with E-state index in [1.807, 2.05) is 11.9 Å². The summed E-state index contributed by atoms with van der Waals surface area (Å²) < 4.78 is 10.0. The molecule has 1 N–H and O–H groups in total. The van der Waals surface area contributed by atoms with Crippen molar-refractivity contribution in [1.29, 1.82) is 0 Å². The van der Waals surface area contributed by atoms with Crippen LogP contribution in [0.5, 0.6) is 0 Å². The summed E-state index contributed by atoms with van der Waals surface area (Å²) in [6.07, 6.45) is 2.35. The van der Waals surface area contributed by atoms with E-state index >= 15 is 0 Å². The predicted octanol–water partition coefficient (Wildman–Crippen LogP) is 0.498. The van der Waals surface area contributed by atoms with Crippen LogP contribution in [0.25, 0.3) is 0 Å². The molecule has 1 amide bonds. The van der Waals surface area contributed by atoms with Gasteiger partial charge in [-0.05, 0) is 26.4 Å². The molecule has 0 radical (unpaired) electrons. The van der Waals surface area contributed by atoms with E-state index in [1.165, 1.54) is 0 Å². The van der Waals surface area contributed by atoms with E-state index in [4.69, 9.17) is 9.47 Å². The smallest absolute Gasteiger partial charge is 0.222 e. The summed E-state index contributed by atoms with van der Waals surface area (Å²) in [4.78, 5) is 13.8. The first kappa shape index (κ1) is 16.4. The van der Waals surface area contributed by atoms with Crippen LogP contribution in [0.2, 0.25) is 0 Å². The molecule has 17 heavy (non-hydrogen) atoms. The highest BCUT2D eigenvalue weighted by molar-refractivity contribution is 5.76. The van der Waals surface area contributed by atoms with Crippen LogP contribution >= 0.6 is 0 Å². The van der Waals surface area contributed by atoms with Gasteiger partial charge in [0, 0.05) is 40.3 Å². The van der Waals surface area contributed by atoms with Gasteiger partial charge in [-0.1, -0.05) is 0 Å². The molecular formula is C12H26N2O3. The predicted molar refractivity (Wildman–Crippen MR) is 68.1 cm³/mol. The van der Waals surface area contributed by atoms with Gasteiger partial charge in [0.05, 0.1) is 6.61 Å². The Bertz CT molecular complexity index is 189. The van der Waals surface area contributed by atoms with Crippen molar-refractivity contribution in [3.63, 3.8) is 0 Å². The summed E-state index contributed by atoms with van der Waals surface area (Å²) in [5.41, 5.74) is 0. The van der Waals surface area contributed by atoms with E-state index in [-0.39, 0.29) is 5.91 Å². The Kier molecular flexibility index (Phi) is 11.4. The average Bonchev–Trinajstić information content (AvgIpc) is 2.33. The second-order valence-electron chi connectivity index (χ2n) is 3.93. The zero-order valence-electron chi connectivity index (χ0n) is 11.3. The van der Waals surface area contributed by atoms with Gasteiger partial charge < -0.3 is 19.7 Å². The fraction of sp³-hybridized carbons (Fsp3) is 0.917. The largest absolute Gasteiger partial charge is 0.385 e. The minimum Gasteiger partial charge on any atom is -0.385 e. The van der Waals surface area contributed by atoms with E-state index < -0.39 is 0 Å². The standard InChI is InChI=1S/C12H26N2O3/c1-13-7-4-6-12(15)14(9-11-17-3)8-5-10-16-2/h13H,4-11H2,1-3H3. The van der Waals surface area contributed by atoms with Crippen molar-refractivity contribution in [1.82, 2.24) is 10.2 Å². The molecule has 0 atom stereocenters. The number of carbonyl (C=O) groups is 1. The van der Waals surface area contributed by atoms with Gasteiger partial charge in [0.1, 0.15) is 0 Å². The highest BCUT2D eigenvalue weighted by Crippen LogP contribution is 2.00. The van der Waals surface area contributed by atoms with Crippen molar-refractivity contribution in [2.75, 3.05) is 54.1 Å². The highest BCUT2D eigenvalue weighted by Gasteiger charge is 2.12. The molecule has 0 aliphatic rings. The lowest BCUT2D eigenvalue weighted by Gasteiger charge is -2.22. The molecule has 102 valence electrons. The summed E-state index contributed by atoms with van der Waals surface area (Å²) in [6.45, 7) is 3.56. The third kappa shape index (κ3) is 9.09. The Labute approximate surface area is 104 Å². The van der Waals surface area contributed by atoms with Crippen molar-refractivity contribution in [2.24, 2.45) is 0 Å². The molecule has 0 saturated heterocycles. The van der Waals surface area contributed by atoms with Crippen LogP contribution in [0.15, 0.2) is 0 Å². The van der Waals surface area contributed by atoms with E-state index in [0.717, 1.165) is 25.9 Å². The molecular weight excluding hydrogens is 220 g/mol. The normalized spacial score (nSPS) is 10.5. The molecule has 0 unspecified atom stereocenters. The second-order valence-corrected chi connectivity index (χ2v) is 3.93. The van der Waals surface area contributed by atoms with E-state index in [0.29, 0.717) is 26.2 Å². The minimum atomic E-state index is 0.202. The maximum Gasteiger partial charge on any atom is 0.222 e. The zero-order valence-corrected chi connectivity index (χ0v) is 11.3. The number of ether oxygens (including phenoxy) is 2. The molecule has 0 rings (SSSR count). The number of amides is 1. The van der Waals surface area contributed by atoms with Crippen molar-refractivity contribution in [3.05, 3.63) is 0 Å². The van der Waals surface area contributed by atoms with Crippen molar-refractivity contribution in [3.8, 4) is 0 Å². The SMILES string of the molecule is CNCCCC(=O)N(CCCOC)CCOC. The molecule has 0 aliphatic carbocycles. The molecule has 0 aliphatic heterocycles. The molecule has 0 heterocycles. The maximum atomic E-state index is 11.9. The van der Waals surface area contributed by atoms with E-state index in [1.54, 1.807) is 14.2 Å². The van der Waals surface area contributed by atoms with Gasteiger partial charge in [-0.3, -0.25) is 4.79 Å². The lowest BCUT2D eigenvalue weighted by Crippen LogP contribution is -2.35. The monoisotopic (exact) mass is 246 g/mol. The van der Waals surface area contributed by atoms with Crippen LogP contribution in [0.3, 0.4) is 0 Å². The number of methoxy groups -OCH3 is 2.